The van der Waals surface area contributed by atoms with E-state index in [1.807, 2.05) is 18.7 Å². The Labute approximate surface area is 157 Å². The van der Waals surface area contributed by atoms with Crippen LogP contribution in [0.25, 0.3) is 0 Å². The predicted molar refractivity (Wildman–Crippen MR) is 99.6 cm³/mol. The molecule has 3 N–H and O–H groups in total. The van der Waals surface area contributed by atoms with E-state index >= 15 is 0 Å². The second kappa shape index (κ2) is 8.43. The molecule has 8 nitrogen and oxygen atoms in total. The van der Waals surface area contributed by atoms with Gasteiger partial charge in [-0.15, -0.1) is 0 Å². The molecule has 1 heterocycles. The van der Waals surface area contributed by atoms with Crippen LogP contribution in [0.15, 0.2) is 35.4 Å². The first-order valence-electron chi connectivity index (χ1n) is 7.93. The van der Waals surface area contributed by atoms with Gasteiger partial charge in [-0.25, -0.2) is 23.5 Å². The Morgan fingerprint density at radius 1 is 1.31 bits per heavy atom. The van der Waals surface area contributed by atoms with Crippen molar-refractivity contribution in [1.29, 1.82) is 0 Å². The molecule has 0 aliphatic carbocycles. The number of nitrogens with one attached hydrogen (secondary N) is 1. The molecular formula is C16H20ClN5O3S. The fraction of sp³-hybridized carbons (Fsp3) is 0.312. The van der Waals surface area contributed by atoms with Crippen LogP contribution < -0.4 is 15.4 Å². The summed E-state index contributed by atoms with van der Waals surface area (Å²) in [6, 6.07) is 6.02. The molecule has 2 aromatic rings. The molecule has 0 aliphatic heterocycles. The normalized spacial score (nSPS) is 11.2. The minimum absolute atomic E-state index is 0.0202. The molecule has 0 aliphatic rings. The summed E-state index contributed by atoms with van der Waals surface area (Å²) in [5.74, 6) is -0.0624. The molecule has 1 aromatic heterocycles. The van der Waals surface area contributed by atoms with Crippen LogP contribution in [-0.2, 0) is 16.6 Å². The lowest BCUT2D eigenvalue weighted by Crippen LogP contribution is -2.28. The first-order chi connectivity index (χ1) is 12.3. The third-order valence-corrected chi connectivity index (χ3v) is 4.86. The van der Waals surface area contributed by atoms with Crippen molar-refractivity contribution in [3.8, 4) is 0 Å². The van der Waals surface area contributed by atoms with Gasteiger partial charge in [0.05, 0.1) is 16.1 Å². The van der Waals surface area contributed by atoms with Gasteiger partial charge in [-0.2, -0.15) is 0 Å². The van der Waals surface area contributed by atoms with Crippen molar-refractivity contribution >= 4 is 33.5 Å². The summed E-state index contributed by atoms with van der Waals surface area (Å²) in [5.41, 5.74) is 0.644. The number of nitrogens with zero attached hydrogens (tertiary/aromatic N) is 3. The molecule has 0 fully saturated rings. The van der Waals surface area contributed by atoms with Crippen molar-refractivity contribution in [2.24, 2.45) is 5.14 Å². The molecule has 0 saturated heterocycles. The van der Waals surface area contributed by atoms with Crippen LogP contribution in [-0.4, -0.2) is 37.4 Å². The van der Waals surface area contributed by atoms with Gasteiger partial charge >= 0.3 is 0 Å². The number of nitrogens with two attached hydrogens (primary N) is 1. The number of sulfonamides is 1. The summed E-state index contributed by atoms with van der Waals surface area (Å²) in [6.07, 6.45) is 1.39. The number of hydrogen-bond acceptors (Lipinski definition) is 6. The van der Waals surface area contributed by atoms with Gasteiger partial charge in [-0.1, -0.05) is 23.7 Å². The molecule has 10 heteroatoms. The molecule has 0 unspecified atom stereocenters. The lowest BCUT2D eigenvalue weighted by atomic mass is 10.2. The van der Waals surface area contributed by atoms with Gasteiger partial charge in [0, 0.05) is 19.6 Å². The van der Waals surface area contributed by atoms with Gasteiger partial charge in [-0.3, -0.25) is 4.79 Å². The van der Waals surface area contributed by atoms with E-state index in [1.54, 1.807) is 12.1 Å². The van der Waals surface area contributed by atoms with E-state index in [0.717, 1.165) is 0 Å². The van der Waals surface area contributed by atoms with Gasteiger partial charge < -0.3 is 10.2 Å². The van der Waals surface area contributed by atoms with Crippen LogP contribution in [0.1, 0.15) is 29.9 Å². The second-order valence-electron chi connectivity index (χ2n) is 5.41. The number of rotatable bonds is 7. The Morgan fingerprint density at radius 2 is 2.00 bits per heavy atom. The number of amides is 1. The van der Waals surface area contributed by atoms with E-state index in [1.165, 1.54) is 18.3 Å². The highest BCUT2D eigenvalue weighted by Crippen LogP contribution is 2.17. The van der Waals surface area contributed by atoms with Crippen molar-refractivity contribution in [2.75, 3.05) is 18.0 Å². The molecule has 140 valence electrons. The molecule has 0 bridgehead atoms. The van der Waals surface area contributed by atoms with E-state index in [-0.39, 0.29) is 22.2 Å². The minimum atomic E-state index is -3.80. The van der Waals surface area contributed by atoms with Crippen LogP contribution in [0.3, 0.4) is 0 Å². The number of halogens is 1. The quantitative estimate of drug-likeness (QED) is 0.731. The summed E-state index contributed by atoms with van der Waals surface area (Å²) < 4.78 is 22.8. The van der Waals surface area contributed by atoms with Crippen LogP contribution in [0.5, 0.6) is 0 Å². The molecule has 1 aromatic carbocycles. The Kier molecular flexibility index (Phi) is 6.52. The zero-order valence-electron chi connectivity index (χ0n) is 14.4. The summed E-state index contributed by atoms with van der Waals surface area (Å²) in [5, 5.41) is 7.91. The summed E-state index contributed by atoms with van der Waals surface area (Å²) >= 11 is 6.05. The van der Waals surface area contributed by atoms with E-state index < -0.39 is 15.9 Å². The van der Waals surface area contributed by atoms with Crippen molar-refractivity contribution in [1.82, 2.24) is 15.3 Å². The molecule has 0 spiro atoms. The van der Waals surface area contributed by atoms with E-state index in [9.17, 15) is 13.2 Å². The smallest absolute Gasteiger partial charge is 0.271 e. The van der Waals surface area contributed by atoms with Gasteiger partial charge in [0.15, 0.2) is 5.69 Å². The number of hydrogen-bond donors (Lipinski definition) is 2. The fourth-order valence-corrected chi connectivity index (χ4v) is 3.04. The van der Waals surface area contributed by atoms with Crippen molar-refractivity contribution in [3.05, 3.63) is 46.7 Å². The minimum Gasteiger partial charge on any atom is -0.347 e. The monoisotopic (exact) mass is 397 g/mol. The van der Waals surface area contributed by atoms with E-state index in [4.69, 9.17) is 16.7 Å². The first-order valence-corrected chi connectivity index (χ1v) is 9.86. The van der Waals surface area contributed by atoms with Crippen LogP contribution >= 0.6 is 11.6 Å². The Morgan fingerprint density at radius 3 is 2.62 bits per heavy atom. The third-order valence-electron chi connectivity index (χ3n) is 3.67. The summed E-state index contributed by atoms with van der Waals surface area (Å²) in [6.45, 7) is 5.40. The lowest BCUT2D eigenvalue weighted by Gasteiger charge is -2.19. The van der Waals surface area contributed by atoms with Crippen LogP contribution in [0.4, 0.5) is 5.95 Å². The maximum absolute atomic E-state index is 12.4. The lowest BCUT2D eigenvalue weighted by molar-refractivity contribution is 0.0946. The molecule has 2 rings (SSSR count). The molecule has 26 heavy (non-hydrogen) atoms. The maximum atomic E-state index is 12.4. The Balaban J connectivity index is 2.17. The first kappa shape index (κ1) is 20.1. The third kappa shape index (κ3) is 4.90. The zero-order chi connectivity index (χ0) is 19.3. The average Bonchev–Trinajstić information content (AvgIpc) is 2.61. The van der Waals surface area contributed by atoms with Crippen molar-refractivity contribution in [2.45, 2.75) is 25.3 Å². The van der Waals surface area contributed by atoms with Crippen molar-refractivity contribution < 1.29 is 13.2 Å². The number of aromatic nitrogens is 2. The standard InChI is InChI=1S/C16H20ClN5O3S/c1-3-22(4-2)16-20-10-13(17)14(21-16)15(23)19-9-11-6-5-7-12(8-11)26(18,24)25/h5-8,10H,3-4,9H2,1-2H3,(H,19,23)(H2,18,24,25). The molecular weight excluding hydrogens is 378 g/mol. The Bertz CT molecular complexity index is 901. The van der Waals surface area contributed by atoms with Gasteiger partial charge in [0.2, 0.25) is 16.0 Å². The van der Waals surface area contributed by atoms with Gasteiger partial charge in [0.25, 0.3) is 5.91 Å². The second-order valence-corrected chi connectivity index (χ2v) is 7.38. The SMILES string of the molecule is CCN(CC)c1ncc(Cl)c(C(=O)NCc2cccc(S(N)(=O)=O)c2)n1. The molecule has 1 amide bonds. The number of carbonyl (C=O) groups excluding carboxylic acids is 1. The van der Waals surface area contributed by atoms with Gasteiger partial charge in [0.1, 0.15) is 0 Å². The number of anilines is 1. The molecule has 0 saturated carbocycles. The summed E-state index contributed by atoms with van der Waals surface area (Å²) in [7, 11) is -3.80. The Hall–Kier alpha value is -2.23. The van der Waals surface area contributed by atoms with Crippen LogP contribution in [0.2, 0.25) is 5.02 Å². The van der Waals surface area contributed by atoms with Crippen LogP contribution in [0, 0.1) is 0 Å². The predicted octanol–water partition coefficient (Wildman–Crippen LogP) is 1.55. The maximum Gasteiger partial charge on any atom is 0.271 e. The molecule has 0 atom stereocenters. The highest BCUT2D eigenvalue weighted by Gasteiger charge is 2.16. The van der Waals surface area contributed by atoms with E-state index in [0.29, 0.717) is 24.6 Å². The zero-order valence-corrected chi connectivity index (χ0v) is 16.0. The highest BCUT2D eigenvalue weighted by atomic mass is 35.5. The van der Waals surface area contributed by atoms with Crippen molar-refractivity contribution in [3.63, 3.8) is 0 Å². The largest absolute Gasteiger partial charge is 0.347 e. The fourth-order valence-electron chi connectivity index (χ4n) is 2.27. The summed E-state index contributed by atoms with van der Waals surface area (Å²) in [4.78, 5) is 22.7. The highest BCUT2D eigenvalue weighted by molar-refractivity contribution is 7.89. The van der Waals surface area contributed by atoms with Gasteiger partial charge in [-0.05, 0) is 31.5 Å². The number of benzene rings is 1. The number of carbonyl (C=O) groups is 1. The topological polar surface area (TPSA) is 118 Å². The number of primary sulfonamides is 1. The molecule has 0 radical (unpaired) electrons. The average molecular weight is 398 g/mol. The van der Waals surface area contributed by atoms with E-state index in [2.05, 4.69) is 15.3 Å².